The van der Waals surface area contributed by atoms with Gasteiger partial charge in [-0.15, -0.1) is 0 Å². The number of hydrogen-bond acceptors (Lipinski definition) is 3. The molecule has 0 spiro atoms. The van der Waals surface area contributed by atoms with Gasteiger partial charge in [-0.3, -0.25) is 0 Å². The summed E-state index contributed by atoms with van der Waals surface area (Å²) in [6, 6.07) is 11.9. The van der Waals surface area contributed by atoms with E-state index in [2.05, 4.69) is 41.6 Å². The first-order chi connectivity index (χ1) is 10.6. The highest BCUT2D eigenvalue weighted by molar-refractivity contribution is 14.1. The lowest BCUT2D eigenvalue weighted by molar-refractivity contribution is 0.0600. The fraction of sp³-hybridized carbons (Fsp3) is 0.278. The number of aryl methyl sites for hydroxylation is 1. The van der Waals surface area contributed by atoms with Crippen molar-refractivity contribution in [1.29, 1.82) is 0 Å². The maximum Gasteiger partial charge on any atom is 0.338 e. The van der Waals surface area contributed by atoms with Crippen molar-refractivity contribution in [2.24, 2.45) is 0 Å². The van der Waals surface area contributed by atoms with Crippen LogP contribution in [-0.2, 0) is 17.6 Å². The van der Waals surface area contributed by atoms with Crippen molar-refractivity contribution < 1.29 is 14.6 Å². The molecule has 116 valence electrons. The van der Waals surface area contributed by atoms with Gasteiger partial charge in [0, 0.05) is 10.2 Å². The van der Waals surface area contributed by atoms with Crippen molar-refractivity contribution in [3.05, 3.63) is 56.7 Å². The number of rotatable bonds is 5. The van der Waals surface area contributed by atoms with Gasteiger partial charge in [-0.05, 0) is 63.8 Å². The Kier molecular flexibility index (Phi) is 5.97. The third kappa shape index (κ3) is 3.50. The van der Waals surface area contributed by atoms with Crippen molar-refractivity contribution in [2.75, 3.05) is 13.7 Å². The quantitative estimate of drug-likeness (QED) is 0.602. The first-order valence-electron chi connectivity index (χ1n) is 7.22. The third-order valence-corrected chi connectivity index (χ3v) is 4.67. The Morgan fingerprint density at radius 1 is 1.23 bits per heavy atom. The Balaban J connectivity index is 2.61. The van der Waals surface area contributed by atoms with E-state index in [1.807, 2.05) is 24.3 Å². The molecule has 0 radical (unpaired) electrons. The second-order valence-electron chi connectivity index (χ2n) is 4.96. The van der Waals surface area contributed by atoms with Crippen LogP contribution >= 0.6 is 22.6 Å². The van der Waals surface area contributed by atoms with Crippen LogP contribution < -0.4 is 0 Å². The van der Waals surface area contributed by atoms with E-state index in [-0.39, 0.29) is 12.6 Å². The number of benzene rings is 2. The summed E-state index contributed by atoms with van der Waals surface area (Å²) in [5.74, 6) is -0.367. The molecule has 0 aliphatic carbocycles. The molecule has 0 saturated heterocycles. The van der Waals surface area contributed by atoms with Gasteiger partial charge in [0.1, 0.15) is 0 Å². The monoisotopic (exact) mass is 410 g/mol. The molecule has 2 aromatic rings. The predicted molar refractivity (Wildman–Crippen MR) is 96.1 cm³/mol. The minimum Gasteiger partial charge on any atom is -0.465 e. The molecule has 0 saturated carbocycles. The highest BCUT2D eigenvalue weighted by Gasteiger charge is 2.18. The van der Waals surface area contributed by atoms with Crippen LogP contribution in [0.1, 0.15) is 28.4 Å². The minimum atomic E-state index is -0.367. The van der Waals surface area contributed by atoms with E-state index in [0.29, 0.717) is 12.0 Å². The average molecular weight is 410 g/mol. The predicted octanol–water partition coefficient (Wildman–Crippen LogP) is 3.84. The van der Waals surface area contributed by atoms with Gasteiger partial charge in [0.2, 0.25) is 0 Å². The molecular formula is C18H19IO3. The molecule has 0 fully saturated rings. The molecule has 0 unspecified atom stereocenters. The van der Waals surface area contributed by atoms with Crippen molar-refractivity contribution in [2.45, 2.75) is 19.8 Å². The lowest BCUT2D eigenvalue weighted by Crippen LogP contribution is -2.09. The number of hydrogen-bond donors (Lipinski definition) is 1. The first kappa shape index (κ1) is 17.0. The molecule has 1 N–H and O–H groups in total. The summed E-state index contributed by atoms with van der Waals surface area (Å²) in [6.45, 7) is 2.12. The fourth-order valence-electron chi connectivity index (χ4n) is 2.51. The Morgan fingerprint density at radius 2 is 2.00 bits per heavy atom. The molecule has 0 aliphatic rings. The molecule has 4 heteroatoms. The molecule has 0 amide bonds. The van der Waals surface area contributed by atoms with Crippen LogP contribution in [0.4, 0.5) is 0 Å². The number of carbonyl (C=O) groups is 1. The van der Waals surface area contributed by atoms with Gasteiger partial charge in [0.05, 0.1) is 12.7 Å². The summed E-state index contributed by atoms with van der Waals surface area (Å²) in [7, 11) is 1.38. The van der Waals surface area contributed by atoms with E-state index in [9.17, 15) is 9.90 Å². The number of ether oxygens (including phenoxy) is 1. The Bertz CT molecular complexity index is 680. The lowest BCUT2D eigenvalue weighted by atomic mass is 9.93. The number of esters is 1. The Labute approximate surface area is 144 Å². The van der Waals surface area contributed by atoms with Crippen LogP contribution in [0.2, 0.25) is 0 Å². The summed E-state index contributed by atoms with van der Waals surface area (Å²) in [6.07, 6.45) is 1.41. The lowest BCUT2D eigenvalue weighted by Gasteiger charge is -2.14. The van der Waals surface area contributed by atoms with Gasteiger partial charge in [-0.2, -0.15) is 0 Å². The third-order valence-electron chi connectivity index (χ3n) is 3.67. The van der Waals surface area contributed by atoms with Gasteiger partial charge in [-0.25, -0.2) is 4.79 Å². The average Bonchev–Trinajstić information content (AvgIpc) is 2.54. The summed E-state index contributed by atoms with van der Waals surface area (Å²) in [5, 5.41) is 9.22. The van der Waals surface area contributed by atoms with Gasteiger partial charge in [-0.1, -0.05) is 37.3 Å². The summed E-state index contributed by atoms with van der Waals surface area (Å²) >= 11 is 2.32. The fourth-order valence-corrected chi connectivity index (χ4v) is 3.41. The Hall–Kier alpha value is -1.40. The second-order valence-corrected chi connectivity index (χ2v) is 6.13. The standard InChI is InChI=1S/C18H19IO3/c1-3-12-7-8-14(11-16(12)19)15-6-4-5-13(9-10-20)17(15)18(21)22-2/h4-8,11,20H,3,9-10H2,1-2H3. The first-order valence-corrected chi connectivity index (χ1v) is 8.30. The number of aliphatic hydroxyl groups is 1. The molecule has 0 aromatic heterocycles. The largest absolute Gasteiger partial charge is 0.465 e. The van der Waals surface area contributed by atoms with E-state index >= 15 is 0 Å². The van der Waals surface area contributed by atoms with Crippen LogP contribution in [0.3, 0.4) is 0 Å². The van der Waals surface area contributed by atoms with E-state index in [0.717, 1.165) is 23.1 Å². The molecule has 3 nitrogen and oxygen atoms in total. The molecule has 2 aromatic carbocycles. The van der Waals surface area contributed by atoms with Crippen LogP contribution in [0, 0.1) is 3.57 Å². The zero-order valence-electron chi connectivity index (χ0n) is 12.7. The topological polar surface area (TPSA) is 46.5 Å². The molecule has 0 aliphatic heterocycles. The summed E-state index contributed by atoms with van der Waals surface area (Å²) in [4.78, 5) is 12.2. The van der Waals surface area contributed by atoms with E-state index < -0.39 is 0 Å². The van der Waals surface area contributed by atoms with E-state index in [1.54, 1.807) is 0 Å². The van der Waals surface area contributed by atoms with Crippen LogP contribution in [0.15, 0.2) is 36.4 Å². The molecule has 22 heavy (non-hydrogen) atoms. The van der Waals surface area contributed by atoms with E-state index in [1.165, 1.54) is 16.2 Å². The molecule has 0 heterocycles. The number of methoxy groups -OCH3 is 1. The number of aliphatic hydroxyl groups excluding tert-OH is 1. The van der Waals surface area contributed by atoms with Crippen molar-refractivity contribution in [3.63, 3.8) is 0 Å². The van der Waals surface area contributed by atoms with Crippen molar-refractivity contribution in [3.8, 4) is 11.1 Å². The second kappa shape index (κ2) is 7.74. The number of carbonyl (C=O) groups excluding carboxylic acids is 1. The SMILES string of the molecule is CCc1ccc(-c2cccc(CCO)c2C(=O)OC)cc1I. The minimum absolute atomic E-state index is 0.000243. The molecule has 2 rings (SSSR count). The normalized spacial score (nSPS) is 10.5. The van der Waals surface area contributed by atoms with Gasteiger partial charge in [0.25, 0.3) is 0 Å². The molecular weight excluding hydrogens is 391 g/mol. The highest BCUT2D eigenvalue weighted by atomic mass is 127. The summed E-state index contributed by atoms with van der Waals surface area (Å²) < 4.78 is 6.12. The smallest absolute Gasteiger partial charge is 0.338 e. The van der Waals surface area contributed by atoms with Crippen molar-refractivity contribution >= 4 is 28.6 Å². The van der Waals surface area contributed by atoms with Crippen molar-refractivity contribution in [1.82, 2.24) is 0 Å². The van der Waals surface area contributed by atoms with Gasteiger partial charge in [0.15, 0.2) is 0 Å². The zero-order valence-corrected chi connectivity index (χ0v) is 14.9. The zero-order chi connectivity index (χ0) is 16.1. The maximum atomic E-state index is 12.2. The highest BCUT2D eigenvalue weighted by Crippen LogP contribution is 2.29. The van der Waals surface area contributed by atoms with Crippen LogP contribution in [0.25, 0.3) is 11.1 Å². The van der Waals surface area contributed by atoms with Crippen LogP contribution in [0.5, 0.6) is 0 Å². The van der Waals surface area contributed by atoms with Gasteiger partial charge >= 0.3 is 5.97 Å². The van der Waals surface area contributed by atoms with E-state index in [4.69, 9.17) is 4.74 Å². The summed E-state index contributed by atoms with van der Waals surface area (Å²) in [5.41, 5.74) is 4.47. The molecule has 0 bridgehead atoms. The maximum absolute atomic E-state index is 12.2. The van der Waals surface area contributed by atoms with Crippen LogP contribution in [-0.4, -0.2) is 24.8 Å². The number of halogens is 1. The van der Waals surface area contributed by atoms with Gasteiger partial charge < -0.3 is 9.84 Å². The molecule has 0 atom stereocenters. The Morgan fingerprint density at radius 3 is 2.59 bits per heavy atom.